The number of nitrogens with two attached hydrogens (primary N) is 2. The monoisotopic (exact) mass is 266 g/mol. The number of thiol groups is 1. The van der Waals surface area contributed by atoms with Crippen LogP contribution in [-0.4, -0.2) is 0 Å². The maximum absolute atomic E-state index is 13.4. The lowest BCUT2D eigenvalue weighted by atomic mass is 10.00. The van der Waals surface area contributed by atoms with Crippen LogP contribution < -0.4 is 11.5 Å². The fourth-order valence-electron chi connectivity index (χ4n) is 1.77. The molecule has 2 rings (SSSR count). The summed E-state index contributed by atoms with van der Waals surface area (Å²) in [5, 5.41) is 0. The molecular formula is C13H12F2N2S. The summed E-state index contributed by atoms with van der Waals surface area (Å²) in [6.07, 6.45) is 0. The third-order valence-corrected chi connectivity index (χ3v) is 3.13. The van der Waals surface area contributed by atoms with E-state index in [1.807, 2.05) is 0 Å². The smallest absolute Gasteiger partial charge is 0.137 e. The van der Waals surface area contributed by atoms with Gasteiger partial charge in [0.05, 0.1) is 0 Å². The van der Waals surface area contributed by atoms with E-state index in [0.29, 0.717) is 11.1 Å². The quantitative estimate of drug-likeness (QED) is 0.578. The molecule has 0 amide bonds. The lowest BCUT2D eigenvalue weighted by Crippen LogP contribution is -2.06. The number of halogens is 2. The Kier molecular flexibility index (Phi) is 3.54. The SMILES string of the molecule is NCc1c(F)ccc(-c2ccc(S)c(F)c2)c1N. The van der Waals surface area contributed by atoms with E-state index in [-0.39, 0.29) is 22.7 Å². The second-order valence-electron chi connectivity index (χ2n) is 3.86. The molecule has 2 aromatic rings. The van der Waals surface area contributed by atoms with Gasteiger partial charge >= 0.3 is 0 Å². The van der Waals surface area contributed by atoms with Crippen LogP contribution in [0.1, 0.15) is 5.56 Å². The lowest BCUT2D eigenvalue weighted by molar-refractivity contribution is 0.603. The molecule has 0 aromatic heterocycles. The van der Waals surface area contributed by atoms with Gasteiger partial charge in [-0.05, 0) is 29.8 Å². The molecule has 0 aliphatic rings. The number of benzene rings is 2. The minimum atomic E-state index is -0.454. The fourth-order valence-corrected chi connectivity index (χ4v) is 1.91. The largest absolute Gasteiger partial charge is 0.398 e. The Morgan fingerprint density at radius 1 is 1.06 bits per heavy atom. The molecule has 0 unspecified atom stereocenters. The van der Waals surface area contributed by atoms with Crippen LogP contribution in [-0.2, 0) is 6.54 Å². The van der Waals surface area contributed by atoms with Crippen molar-refractivity contribution in [2.75, 3.05) is 5.73 Å². The van der Waals surface area contributed by atoms with Crippen molar-refractivity contribution in [2.45, 2.75) is 11.4 Å². The van der Waals surface area contributed by atoms with Gasteiger partial charge in [0, 0.05) is 28.3 Å². The van der Waals surface area contributed by atoms with Gasteiger partial charge in [-0.1, -0.05) is 6.07 Å². The van der Waals surface area contributed by atoms with Gasteiger partial charge in [0.15, 0.2) is 0 Å². The van der Waals surface area contributed by atoms with Crippen molar-refractivity contribution in [3.8, 4) is 11.1 Å². The first-order valence-electron chi connectivity index (χ1n) is 5.30. The number of anilines is 1. The zero-order valence-electron chi connectivity index (χ0n) is 9.45. The van der Waals surface area contributed by atoms with Crippen molar-refractivity contribution < 1.29 is 8.78 Å². The summed E-state index contributed by atoms with van der Waals surface area (Å²) in [7, 11) is 0. The maximum Gasteiger partial charge on any atom is 0.137 e. The summed E-state index contributed by atoms with van der Waals surface area (Å²) < 4.78 is 26.9. The molecule has 2 nitrogen and oxygen atoms in total. The summed E-state index contributed by atoms with van der Waals surface area (Å²) in [4.78, 5) is 0.249. The van der Waals surface area contributed by atoms with E-state index in [4.69, 9.17) is 11.5 Å². The van der Waals surface area contributed by atoms with Crippen molar-refractivity contribution >= 4 is 18.3 Å². The van der Waals surface area contributed by atoms with Crippen molar-refractivity contribution in [1.29, 1.82) is 0 Å². The summed E-state index contributed by atoms with van der Waals surface area (Å²) in [6, 6.07) is 7.30. The van der Waals surface area contributed by atoms with Gasteiger partial charge in [0.1, 0.15) is 11.6 Å². The Hall–Kier alpha value is -1.59. The van der Waals surface area contributed by atoms with E-state index in [1.54, 1.807) is 6.07 Å². The molecule has 0 aliphatic heterocycles. The Balaban J connectivity index is 2.60. The third kappa shape index (κ3) is 2.19. The number of hydrogen-bond donors (Lipinski definition) is 3. The van der Waals surface area contributed by atoms with Crippen molar-refractivity contribution in [2.24, 2.45) is 5.73 Å². The highest BCUT2D eigenvalue weighted by atomic mass is 32.1. The molecule has 0 saturated heterocycles. The zero-order chi connectivity index (χ0) is 13.3. The van der Waals surface area contributed by atoms with Gasteiger partial charge < -0.3 is 11.5 Å². The molecule has 0 heterocycles. The number of nitrogen functional groups attached to an aromatic ring is 1. The topological polar surface area (TPSA) is 52.0 Å². The first-order valence-corrected chi connectivity index (χ1v) is 5.75. The Morgan fingerprint density at radius 3 is 2.39 bits per heavy atom. The van der Waals surface area contributed by atoms with Crippen molar-refractivity contribution in [1.82, 2.24) is 0 Å². The highest BCUT2D eigenvalue weighted by Crippen LogP contribution is 2.31. The molecule has 0 saturated carbocycles. The van der Waals surface area contributed by atoms with Crippen LogP contribution in [0.4, 0.5) is 14.5 Å². The molecule has 0 spiro atoms. The minimum Gasteiger partial charge on any atom is -0.398 e. The third-order valence-electron chi connectivity index (χ3n) is 2.76. The molecule has 0 bridgehead atoms. The van der Waals surface area contributed by atoms with E-state index < -0.39 is 11.6 Å². The highest BCUT2D eigenvalue weighted by molar-refractivity contribution is 7.80. The zero-order valence-corrected chi connectivity index (χ0v) is 10.3. The van der Waals surface area contributed by atoms with E-state index in [9.17, 15) is 8.78 Å². The molecule has 2 aromatic carbocycles. The highest BCUT2D eigenvalue weighted by Gasteiger charge is 2.12. The van der Waals surface area contributed by atoms with Crippen molar-refractivity contribution in [3.05, 3.63) is 47.5 Å². The molecule has 0 fully saturated rings. The van der Waals surface area contributed by atoms with E-state index >= 15 is 0 Å². The Morgan fingerprint density at radius 2 is 1.78 bits per heavy atom. The fraction of sp³-hybridized carbons (Fsp3) is 0.0769. The molecule has 5 heteroatoms. The van der Waals surface area contributed by atoms with Gasteiger partial charge in [-0.3, -0.25) is 0 Å². The number of hydrogen-bond acceptors (Lipinski definition) is 3. The molecule has 0 radical (unpaired) electrons. The summed E-state index contributed by atoms with van der Waals surface area (Å²) in [5.74, 6) is -0.904. The van der Waals surface area contributed by atoms with Gasteiger partial charge in [-0.2, -0.15) is 0 Å². The average molecular weight is 266 g/mol. The van der Waals surface area contributed by atoms with Crippen LogP contribution in [0.25, 0.3) is 11.1 Å². The maximum atomic E-state index is 13.4. The normalized spacial score (nSPS) is 10.7. The van der Waals surface area contributed by atoms with E-state index in [2.05, 4.69) is 12.6 Å². The van der Waals surface area contributed by atoms with Gasteiger partial charge in [0.2, 0.25) is 0 Å². The van der Waals surface area contributed by atoms with Crippen LogP contribution in [0.5, 0.6) is 0 Å². The standard InChI is InChI=1S/C13H12F2N2S/c14-10-3-2-8(13(17)9(10)6-16)7-1-4-12(18)11(15)5-7/h1-5,18H,6,16-17H2. The molecule has 4 N–H and O–H groups in total. The molecule has 0 aliphatic carbocycles. The van der Waals surface area contributed by atoms with E-state index in [1.165, 1.54) is 24.3 Å². The van der Waals surface area contributed by atoms with Crippen LogP contribution in [0.3, 0.4) is 0 Å². The predicted molar refractivity (Wildman–Crippen MR) is 71.3 cm³/mol. The summed E-state index contributed by atoms with van der Waals surface area (Å²) >= 11 is 3.95. The molecule has 94 valence electrons. The predicted octanol–water partition coefficient (Wildman–Crippen LogP) is 2.96. The van der Waals surface area contributed by atoms with Crippen LogP contribution in [0.15, 0.2) is 35.2 Å². The molecule has 0 atom stereocenters. The molecular weight excluding hydrogens is 254 g/mol. The van der Waals surface area contributed by atoms with Gasteiger partial charge in [-0.25, -0.2) is 8.78 Å². The number of rotatable bonds is 2. The first kappa shape index (κ1) is 12.9. The Labute approximate surface area is 109 Å². The van der Waals surface area contributed by atoms with Crippen LogP contribution in [0.2, 0.25) is 0 Å². The summed E-state index contributed by atoms with van der Waals surface area (Å²) in [5.41, 5.74) is 12.9. The first-order chi connectivity index (χ1) is 8.54. The second-order valence-corrected chi connectivity index (χ2v) is 4.34. The average Bonchev–Trinajstić information content (AvgIpc) is 2.34. The van der Waals surface area contributed by atoms with Crippen LogP contribution in [0, 0.1) is 11.6 Å². The minimum absolute atomic E-state index is 0.00135. The van der Waals surface area contributed by atoms with E-state index in [0.717, 1.165) is 0 Å². The van der Waals surface area contributed by atoms with Crippen LogP contribution >= 0.6 is 12.6 Å². The van der Waals surface area contributed by atoms with Gasteiger partial charge in [0.25, 0.3) is 0 Å². The van der Waals surface area contributed by atoms with Crippen molar-refractivity contribution in [3.63, 3.8) is 0 Å². The molecule has 18 heavy (non-hydrogen) atoms. The Bertz CT molecular complexity index is 600. The lowest BCUT2D eigenvalue weighted by Gasteiger charge is -2.11. The summed E-state index contributed by atoms with van der Waals surface area (Å²) in [6.45, 7) is -0.00135. The second kappa shape index (κ2) is 4.96. The van der Waals surface area contributed by atoms with Gasteiger partial charge in [-0.15, -0.1) is 12.6 Å².